The second-order valence-electron chi connectivity index (χ2n) is 5.80. The summed E-state index contributed by atoms with van der Waals surface area (Å²) in [5.41, 5.74) is 0.401. The molecule has 1 amide bonds. The van der Waals surface area contributed by atoms with E-state index < -0.39 is 28.3 Å². The molecule has 0 aliphatic heterocycles. The molecule has 0 aromatic heterocycles. The van der Waals surface area contributed by atoms with Crippen LogP contribution in [0.5, 0.6) is 0 Å². The average molecular weight is 372 g/mol. The molecular weight excluding hydrogens is 355 g/mol. The Morgan fingerprint density at radius 2 is 1.65 bits per heavy atom. The van der Waals surface area contributed by atoms with Gasteiger partial charge in [0.1, 0.15) is 12.4 Å². The number of nitrogens with zero attached hydrogens (tertiary/aromatic N) is 1. The number of fused-ring (bicyclic) bond motifs is 1. The fourth-order valence-electron chi connectivity index (χ4n) is 2.69. The van der Waals surface area contributed by atoms with Gasteiger partial charge in [-0.05, 0) is 23.6 Å². The van der Waals surface area contributed by atoms with E-state index in [1.54, 1.807) is 30.3 Å². The van der Waals surface area contributed by atoms with Gasteiger partial charge < -0.3 is 5.32 Å². The number of anilines is 2. The summed E-state index contributed by atoms with van der Waals surface area (Å²) in [7, 11) is -3.73. The number of nitrogens with one attached hydrogen (secondary N) is 1. The normalized spacial score (nSPS) is 11.3. The zero-order chi connectivity index (χ0) is 18.7. The first-order chi connectivity index (χ1) is 12.4. The third-order valence-corrected chi connectivity index (χ3v) is 5.00. The maximum atomic E-state index is 13.7. The van der Waals surface area contributed by atoms with Crippen LogP contribution in [-0.4, -0.2) is 27.1 Å². The molecule has 134 valence electrons. The number of hydrogen-bond acceptors (Lipinski definition) is 3. The van der Waals surface area contributed by atoms with Crippen LogP contribution in [0.15, 0.2) is 66.7 Å². The Kier molecular flexibility index (Phi) is 4.90. The van der Waals surface area contributed by atoms with Crippen LogP contribution >= 0.6 is 0 Å². The van der Waals surface area contributed by atoms with E-state index in [2.05, 4.69) is 5.32 Å². The molecule has 0 saturated carbocycles. The smallest absolute Gasteiger partial charge is 0.245 e. The predicted octanol–water partition coefficient (Wildman–Crippen LogP) is 3.38. The third-order valence-electron chi connectivity index (χ3n) is 3.87. The lowest BCUT2D eigenvalue weighted by Gasteiger charge is -2.23. The van der Waals surface area contributed by atoms with Crippen LogP contribution in [0.2, 0.25) is 0 Å². The van der Waals surface area contributed by atoms with Crippen LogP contribution in [0, 0.1) is 5.82 Å². The standard InChI is InChI=1S/C19H17FN2O3S/c1-26(24,25)22(13-19(23)21-17-11-5-4-10-16(17)20)18-12-6-8-14-7-2-3-9-15(14)18/h2-12H,13H2,1H3,(H,21,23). The van der Waals surface area contributed by atoms with Crippen molar-refractivity contribution in [1.29, 1.82) is 0 Å². The van der Waals surface area contributed by atoms with E-state index in [1.807, 2.05) is 18.2 Å². The van der Waals surface area contributed by atoms with E-state index in [9.17, 15) is 17.6 Å². The zero-order valence-electron chi connectivity index (χ0n) is 14.0. The van der Waals surface area contributed by atoms with Crippen molar-refractivity contribution in [3.8, 4) is 0 Å². The highest BCUT2D eigenvalue weighted by molar-refractivity contribution is 7.92. The Labute approximate surface area is 151 Å². The van der Waals surface area contributed by atoms with Gasteiger partial charge in [-0.1, -0.05) is 48.5 Å². The molecule has 5 nitrogen and oxygen atoms in total. The highest BCUT2D eigenvalue weighted by Crippen LogP contribution is 2.28. The fourth-order valence-corrected chi connectivity index (χ4v) is 3.56. The lowest BCUT2D eigenvalue weighted by atomic mass is 10.1. The van der Waals surface area contributed by atoms with Crippen molar-refractivity contribution < 1.29 is 17.6 Å². The van der Waals surface area contributed by atoms with Gasteiger partial charge in [0.15, 0.2) is 0 Å². The molecule has 0 radical (unpaired) electrons. The minimum Gasteiger partial charge on any atom is -0.322 e. The van der Waals surface area contributed by atoms with Gasteiger partial charge in [0, 0.05) is 5.39 Å². The molecule has 3 rings (SSSR count). The van der Waals surface area contributed by atoms with Crippen LogP contribution in [0.4, 0.5) is 15.8 Å². The number of hydrogen-bond donors (Lipinski definition) is 1. The number of rotatable bonds is 5. The van der Waals surface area contributed by atoms with Gasteiger partial charge in [0.2, 0.25) is 15.9 Å². The highest BCUT2D eigenvalue weighted by atomic mass is 32.2. The summed E-state index contributed by atoms with van der Waals surface area (Å²) in [6.07, 6.45) is 1.03. The Balaban J connectivity index is 1.95. The van der Waals surface area contributed by atoms with Crippen molar-refractivity contribution in [3.05, 3.63) is 72.5 Å². The molecule has 0 fully saturated rings. The van der Waals surface area contributed by atoms with Crippen molar-refractivity contribution in [1.82, 2.24) is 0 Å². The number of halogens is 1. The van der Waals surface area contributed by atoms with Gasteiger partial charge in [0.25, 0.3) is 0 Å². The average Bonchev–Trinajstić information content (AvgIpc) is 2.60. The molecule has 7 heteroatoms. The van der Waals surface area contributed by atoms with Crippen LogP contribution in [0.25, 0.3) is 10.8 Å². The second-order valence-corrected chi connectivity index (χ2v) is 7.70. The van der Waals surface area contributed by atoms with E-state index in [4.69, 9.17) is 0 Å². The zero-order valence-corrected chi connectivity index (χ0v) is 14.8. The van der Waals surface area contributed by atoms with Crippen molar-refractivity contribution in [2.24, 2.45) is 0 Å². The predicted molar refractivity (Wildman–Crippen MR) is 101 cm³/mol. The maximum Gasteiger partial charge on any atom is 0.245 e. The Morgan fingerprint density at radius 1 is 1.00 bits per heavy atom. The van der Waals surface area contributed by atoms with Crippen molar-refractivity contribution in [2.45, 2.75) is 0 Å². The quantitative estimate of drug-likeness (QED) is 0.747. The van der Waals surface area contributed by atoms with Crippen LogP contribution in [-0.2, 0) is 14.8 Å². The van der Waals surface area contributed by atoms with Gasteiger partial charge in [0.05, 0.1) is 17.6 Å². The monoisotopic (exact) mass is 372 g/mol. The van der Waals surface area contributed by atoms with Gasteiger partial charge in [-0.2, -0.15) is 0 Å². The second kappa shape index (κ2) is 7.13. The molecule has 3 aromatic rings. The number of amides is 1. The number of para-hydroxylation sites is 1. The van der Waals surface area contributed by atoms with Crippen LogP contribution in [0.3, 0.4) is 0 Å². The molecule has 0 aliphatic carbocycles. The summed E-state index contributed by atoms with van der Waals surface area (Å²) < 4.78 is 39.3. The summed E-state index contributed by atoms with van der Waals surface area (Å²) in [4.78, 5) is 12.3. The molecule has 0 aliphatic rings. The van der Waals surface area contributed by atoms with Crippen LogP contribution < -0.4 is 9.62 Å². The first-order valence-corrected chi connectivity index (χ1v) is 9.71. The van der Waals surface area contributed by atoms with Gasteiger partial charge in [-0.25, -0.2) is 12.8 Å². The Bertz CT molecular complexity index is 1060. The summed E-state index contributed by atoms with van der Waals surface area (Å²) in [6, 6.07) is 18.2. The summed E-state index contributed by atoms with van der Waals surface area (Å²) in [5.74, 6) is -1.22. The molecule has 0 bridgehead atoms. The van der Waals surface area contributed by atoms with E-state index in [1.165, 1.54) is 18.2 Å². The topological polar surface area (TPSA) is 66.5 Å². The molecular formula is C19H17FN2O3S. The molecule has 0 saturated heterocycles. The largest absolute Gasteiger partial charge is 0.322 e. The Morgan fingerprint density at radius 3 is 2.38 bits per heavy atom. The fraction of sp³-hybridized carbons (Fsp3) is 0.105. The highest BCUT2D eigenvalue weighted by Gasteiger charge is 2.23. The minimum absolute atomic E-state index is 0.00358. The molecule has 0 spiro atoms. The Hall–Kier alpha value is -2.93. The lowest BCUT2D eigenvalue weighted by molar-refractivity contribution is -0.114. The van der Waals surface area contributed by atoms with Gasteiger partial charge in [-0.15, -0.1) is 0 Å². The van der Waals surface area contributed by atoms with Crippen molar-refractivity contribution >= 4 is 38.1 Å². The van der Waals surface area contributed by atoms with Gasteiger partial charge in [-0.3, -0.25) is 9.10 Å². The van der Waals surface area contributed by atoms with Crippen molar-refractivity contribution in [2.75, 3.05) is 22.4 Å². The van der Waals surface area contributed by atoms with E-state index >= 15 is 0 Å². The molecule has 26 heavy (non-hydrogen) atoms. The molecule has 1 N–H and O–H groups in total. The molecule has 0 unspecified atom stereocenters. The summed E-state index contributed by atoms with van der Waals surface area (Å²) in [6.45, 7) is -0.457. The summed E-state index contributed by atoms with van der Waals surface area (Å²) >= 11 is 0. The van der Waals surface area contributed by atoms with E-state index in [0.29, 0.717) is 11.1 Å². The number of carbonyl (C=O) groups excluding carboxylic acids is 1. The molecule has 0 heterocycles. The number of sulfonamides is 1. The minimum atomic E-state index is -3.73. The lowest BCUT2D eigenvalue weighted by Crippen LogP contribution is -2.37. The third kappa shape index (κ3) is 3.83. The van der Waals surface area contributed by atoms with E-state index in [0.717, 1.165) is 15.9 Å². The first kappa shape index (κ1) is 17.9. The first-order valence-electron chi connectivity index (χ1n) is 7.86. The molecule has 3 aromatic carbocycles. The number of carbonyl (C=O) groups is 1. The van der Waals surface area contributed by atoms with Crippen molar-refractivity contribution in [3.63, 3.8) is 0 Å². The molecule has 0 atom stereocenters. The van der Waals surface area contributed by atoms with E-state index in [-0.39, 0.29) is 5.69 Å². The number of benzene rings is 3. The SMILES string of the molecule is CS(=O)(=O)N(CC(=O)Nc1ccccc1F)c1cccc2ccccc12. The maximum absolute atomic E-state index is 13.7. The van der Waals surface area contributed by atoms with Gasteiger partial charge >= 0.3 is 0 Å². The summed E-state index contributed by atoms with van der Waals surface area (Å²) in [5, 5.41) is 3.97. The van der Waals surface area contributed by atoms with Crippen LogP contribution in [0.1, 0.15) is 0 Å².